The van der Waals surface area contributed by atoms with Crippen molar-refractivity contribution in [3.05, 3.63) is 53.2 Å². The smallest absolute Gasteiger partial charge is 0.228 e. The second kappa shape index (κ2) is 6.03. The first kappa shape index (κ1) is 14.8. The van der Waals surface area contributed by atoms with Gasteiger partial charge in [0, 0.05) is 22.7 Å². The van der Waals surface area contributed by atoms with Crippen LogP contribution in [0.25, 0.3) is 11.6 Å². The van der Waals surface area contributed by atoms with E-state index in [0.717, 1.165) is 17.0 Å². The van der Waals surface area contributed by atoms with Crippen molar-refractivity contribution in [2.24, 2.45) is 0 Å². The molecule has 0 amide bonds. The van der Waals surface area contributed by atoms with Crippen molar-refractivity contribution in [2.45, 2.75) is 6.29 Å². The number of anilines is 2. The van der Waals surface area contributed by atoms with E-state index >= 15 is 0 Å². The van der Waals surface area contributed by atoms with Crippen LogP contribution in [-0.4, -0.2) is 28.5 Å². The Kier molecular flexibility index (Phi) is 3.72. The number of nitrogens with one attached hydrogen (secondary N) is 2. The van der Waals surface area contributed by atoms with E-state index in [1.807, 2.05) is 41.8 Å². The van der Waals surface area contributed by atoms with E-state index < -0.39 is 6.29 Å². The maximum atomic E-state index is 10.2. The number of aliphatic hydroxyl groups is 1. The van der Waals surface area contributed by atoms with Gasteiger partial charge in [-0.05, 0) is 24.3 Å². The molecule has 4 rings (SSSR count). The maximum absolute atomic E-state index is 10.2. The Morgan fingerprint density at radius 3 is 3.08 bits per heavy atom. The van der Waals surface area contributed by atoms with Crippen LogP contribution in [0.5, 0.6) is 11.6 Å². The van der Waals surface area contributed by atoms with E-state index in [1.165, 1.54) is 11.3 Å². The number of methoxy groups -OCH3 is 1. The van der Waals surface area contributed by atoms with E-state index in [2.05, 4.69) is 15.3 Å². The summed E-state index contributed by atoms with van der Waals surface area (Å²) in [5.74, 6) is 1.31. The van der Waals surface area contributed by atoms with E-state index in [-0.39, 0.29) is 0 Å². The monoisotopic (exact) mass is 341 g/mol. The zero-order valence-corrected chi connectivity index (χ0v) is 13.6. The fraction of sp³-hybridized carbons (Fsp3) is 0.118. The Morgan fingerprint density at radius 2 is 2.21 bits per heavy atom. The summed E-state index contributed by atoms with van der Waals surface area (Å²) in [5.41, 5.74) is 3.04. The number of thiazole rings is 1. The van der Waals surface area contributed by atoms with E-state index in [1.54, 1.807) is 13.3 Å². The molecule has 7 heteroatoms. The molecule has 0 saturated heterocycles. The van der Waals surface area contributed by atoms with Crippen LogP contribution in [0.4, 0.5) is 10.8 Å². The number of hydrogen-bond acceptors (Lipinski definition) is 6. The number of rotatable bonds is 4. The maximum Gasteiger partial charge on any atom is 0.228 e. The van der Waals surface area contributed by atoms with Gasteiger partial charge in [-0.2, -0.15) is 0 Å². The van der Waals surface area contributed by atoms with Crippen LogP contribution >= 0.6 is 11.3 Å². The molecule has 2 aromatic heterocycles. The SMILES string of the molecule is COc1ccccc1Nc1nc(C2=Cc3cc[nH]c3OC2O)cs1. The molecule has 0 spiro atoms. The zero-order chi connectivity index (χ0) is 16.5. The van der Waals surface area contributed by atoms with Crippen molar-refractivity contribution in [2.75, 3.05) is 12.4 Å². The van der Waals surface area contributed by atoms with E-state index in [9.17, 15) is 5.11 Å². The molecule has 3 N–H and O–H groups in total. The number of aromatic nitrogens is 2. The van der Waals surface area contributed by atoms with Crippen LogP contribution < -0.4 is 14.8 Å². The van der Waals surface area contributed by atoms with Crippen LogP contribution in [0.1, 0.15) is 11.3 Å². The molecule has 1 aliphatic rings. The summed E-state index contributed by atoms with van der Waals surface area (Å²) in [6, 6.07) is 9.53. The van der Waals surface area contributed by atoms with Crippen molar-refractivity contribution >= 4 is 33.8 Å². The summed E-state index contributed by atoms with van der Waals surface area (Å²) in [4.78, 5) is 7.49. The first-order valence-electron chi connectivity index (χ1n) is 7.34. The molecule has 24 heavy (non-hydrogen) atoms. The number of para-hydroxylation sites is 2. The fourth-order valence-electron chi connectivity index (χ4n) is 2.52. The minimum Gasteiger partial charge on any atom is -0.495 e. The standard InChI is InChI=1S/C17H15N3O3S/c1-22-14-5-3-2-4-12(14)19-17-20-13(9-24-17)11-8-10-6-7-18-15(10)23-16(11)21/h2-9,16,18,21H,1H3,(H,19,20). The highest BCUT2D eigenvalue weighted by molar-refractivity contribution is 7.13. The van der Waals surface area contributed by atoms with Crippen molar-refractivity contribution in [3.8, 4) is 11.6 Å². The molecule has 0 fully saturated rings. The molecule has 1 aromatic carbocycles. The van der Waals surface area contributed by atoms with Crippen LogP contribution in [0.15, 0.2) is 41.9 Å². The summed E-state index contributed by atoms with van der Waals surface area (Å²) in [5, 5.41) is 16.0. The minimum atomic E-state index is -1.04. The molecule has 3 heterocycles. The Labute approximate surface area is 142 Å². The summed E-state index contributed by atoms with van der Waals surface area (Å²) >= 11 is 1.45. The molecule has 1 unspecified atom stereocenters. The summed E-state index contributed by atoms with van der Waals surface area (Å²) in [7, 11) is 1.63. The topological polar surface area (TPSA) is 79.4 Å². The predicted octanol–water partition coefficient (Wildman–Crippen LogP) is 3.47. The quantitative estimate of drug-likeness (QED) is 0.677. The number of H-pyrrole nitrogens is 1. The van der Waals surface area contributed by atoms with Crippen LogP contribution in [0, 0.1) is 0 Å². The van der Waals surface area contributed by atoms with Gasteiger partial charge in [0.05, 0.1) is 18.5 Å². The number of ether oxygens (including phenoxy) is 2. The molecule has 0 bridgehead atoms. The second-order valence-electron chi connectivity index (χ2n) is 5.20. The van der Waals surface area contributed by atoms with Gasteiger partial charge in [0.25, 0.3) is 0 Å². The zero-order valence-electron chi connectivity index (χ0n) is 12.8. The third-order valence-corrected chi connectivity index (χ3v) is 4.45. The van der Waals surface area contributed by atoms with Gasteiger partial charge in [0.1, 0.15) is 5.75 Å². The Morgan fingerprint density at radius 1 is 1.33 bits per heavy atom. The highest BCUT2D eigenvalue weighted by Crippen LogP contribution is 2.35. The first-order chi connectivity index (χ1) is 11.7. The third-order valence-electron chi connectivity index (χ3n) is 3.69. The summed E-state index contributed by atoms with van der Waals surface area (Å²) in [6.07, 6.45) is 2.60. The van der Waals surface area contributed by atoms with Gasteiger partial charge in [-0.15, -0.1) is 11.3 Å². The first-order valence-corrected chi connectivity index (χ1v) is 8.22. The van der Waals surface area contributed by atoms with Crippen molar-refractivity contribution in [3.63, 3.8) is 0 Å². The largest absolute Gasteiger partial charge is 0.495 e. The Bertz CT molecular complexity index is 900. The van der Waals surface area contributed by atoms with Gasteiger partial charge in [-0.3, -0.25) is 0 Å². The van der Waals surface area contributed by atoms with Gasteiger partial charge in [-0.25, -0.2) is 4.98 Å². The molecule has 0 aliphatic carbocycles. The van der Waals surface area contributed by atoms with Crippen molar-refractivity contribution < 1.29 is 14.6 Å². The highest BCUT2D eigenvalue weighted by Gasteiger charge is 2.24. The van der Waals surface area contributed by atoms with E-state index in [0.29, 0.717) is 22.3 Å². The molecular formula is C17H15N3O3S. The average molecular weight is 341 g/mol. The number of aliphatic hydroxyl groups excluding tert-OH is 1. The minimum absolute atomic E-state index is 0.564. The number of hydrogen-bond donors (Lipinski definition) is 3. The lowest BCUT2D eigenvalue weighted by Gasteiger charge is -2.19. The average Bonchev–Trinajstić information content (AvgIpc) is 3.23. The lowest BCUT2D eigenvalue weighted by atomic mass is 10.1. The summed E-state index contributed by atoms with van der Waals surface area (Å²) in [6.45, 7) is 0. The predicted molar refractivity (Wildman–Crippen MR) is 93.7 cm³/mol. The molecule has 0 radical (unpaired) electrons. The molecule has 0 saturated carbocycles. The number of fused-ring (bicyclic) bond motifs is 1. The van der Waals surface area contributed by atoms with Gasteiger partial charge < -0.3 is 24.9 Å². The molecule has 1 atom stereocenters. The number of benzene rings is 1. The van der Waals surface area contributed by atoms with Crippen LogP contribution in [-0.2, 0) is 0 Å². The van der Waals surface area contributed by atoms with Crippen LogP contribution in [0.2, 0.25) is 0 Å². The van der Waals surface area contributed by atoms with Gasteiger partial charge >= 0.3 is 0 Å². The van der Waals surface area contributed by atoms with E-state index in [4.69, 9.17) is 9.47 Å². The lowest BCUT2D eigenvalue weighted by molar-refractivity contribution is 0.0285. The van der Waals surface area contributed by atoms with Gasteiger partial charge in [-0.1, -0.05) is 12.1 Å². The van der Waals surface area contributed by atoms with Gasteiger partial charge in [0.2, 0.25) is 12.2 Å². The van der Waals surface area contributed by atoms with Crippen molar-refractivity contribution in [1.82, 2.24) is 9.97 Å². The number of aromatic amines is 1. The Hall–Kier alpha value is -2.77. The third kappa shape index (κ3) is 2.64. The molecule has 3 aromatic rings. The summed E-state index contributed by atoms with van der Waals surface area (Å²) < 4.78 is 10.8. The fourth-order valence-corrected chi connectivity index (χ4v) is 3.26. The number of nitrogens with zero attached hydrogens (tertiary/aromatic N) is 1. The van der Waals surface area contributed by atoms with Crippen LogP contribution in [0.3, 0.4) is 0 Å². The lowest BCUT2D eigenvalue weighted by Crippen LogP contribution is -2.21. The Balaban J connectivity index is 1.61. The molecule has 1 aliphatic heterocycles. The highest BCUT2D eigenvalue weighted by atomic mass is 32.1. The van der Waals surface area contributed by atoms with Gasteiger partial charge in [0.15, 0.2) is 5.13 Å². The molecule has 122 valence electrons. The molecule has 6 nitrogen and oxygen atoms in total. The molecular weight excluding hydrogens is 326 g/mol. The normalized spacial score (nSPS) is 16.1. The second-order valence-corrected chi connectivity index (χ2v) is 6.05. The van der Waals surface area contributed by atoms with Crippen molar-refractivity contribution in [1.29, 1.82) is 0 Å².